The largest absolute Gasteiger partial charge is 0.432 e. The predicted molar refractivity (Wildman–Crippen MR) is 70.7 cm³/mol. The minimum atomic E-state index is -2.99. The van der Waals surface area contributed by atoms with Crippen LogP contribution in [0.5, 0.6) is 5.75 Å². The van der Waals surface area contributed by atoms with Gasteiger partial charge in [-0.25, -0.2) is 0 Å². The third kappa shape index (κ3) is 2.75. The quantitative estimate of drug-likeness (QED) is 0.702. The Labute approximate surface area is 113 Å². The molecule has 1 saturated carbocycles. The molecule has 1 aromatic carbocycles. The van der Waals surface area contributed by atoms with Crippen molar-refractivity contribution >= 4 is 0 Å². The molecule has 104 valence electrons. The molecule has 1 nitrogen and oxygen atoms in total. The summed E-state index contributed by atoms with van der Waals surface area (Å²) in [7, 11) is 0. The number of benzene rings is 1. The van der Waals surface area contributed by atoms with Gasteiger partial charge in [0.05, 0.1) is 6.42 Å². The lowest BCUT2D eigenvalue weighted by Gasteiger charge is -2.29. The zero-order valence-electron chi connectivity index (χ0n) is 11.3. The molecule has 3 rings (SSSR count). The lowest BCUT2D eigenvalue weighted by Crippen LogP contribution is -2.29. The molecule has 1 aromatic rings. The average molecular weight is 266 g/mol. The second-order valence-electron chi connectivity index (χ2n) is 6.06. The Hall–Kier alpha value is -1.12. The van der Waals surface area contributed by atoms with E-state index in [0.29, 0.717) is 18.1 Å². The minimum Gasteiger partial charge on any atom is -0.432 e. The molecule has 0 bridgehead atoms. The van der Waals surface area contributed by atoms with Crippen LogP contribution in [0.2, 0.25) is 0 Å². The summed E-state index contributed by atoms with van der Waals surface area (Å²) < 4.78 is 31.1. The third-order valence-corrected chi connectivity index (χ3v) is 4.52. The van der Waals surface area contributed by atoms with E-state index in [-0.39, 0.29) is 6.42 Å². The highest BCUT2D eigenvalue weighted by molar-refractivity contribution is 5.40. The second-order valence-corrected chi connectivity index (χ2v) is 6.06. The van der Waals surface area contributed by atoms with Gasteiger partial charge in [-0.15, -0.1) is 0 Å². The molecule has 0 N–H and O–H groups in total. The van der Waals surface area contributed by atoms with Crippen LogP contribution in [0.25, 0.3) is 0 Å². The first-order valence-electron chi connectivity index (χ1n) is 7.23. The van der Waals surface area contributed by atoms with Gasteiger partial charge in [-0.3, -0.25) is 0 Å². The summed E-state index contributed by atoms with van der Waals surface area (Å²) in [6.45, 7) is 2.30. The van der Waals surface area contributed by atoms with E-state index in [1.54, 1.807) is 6.07 Å². The number of halogens is 2. The van der Waals surface area contributed by atoms with Crippen molar-refractivity contribution < 1.29 is 13.5 Å². The fourth-order valence-corrected chi connectivity index (χ4v) is 3.23. The zero-order chi connectivity index (χ0) is 13.5. The van der Waals surface area contributed by atoms with Gasteiger partial charge in [0.2, 0.25) is 0 Å². The van der Waals surface area contributed by atoms with Crippen molar-refractivity contribution in [2.75, 3.05) is 0 Å². The van der Waals surface area contributed by atoms with Crippen molar-refractivity contribution in [3.8, 4) is 5.75 Å². The Balaban J connectivity index is 1.79. The summed E-state index contributed by atoms with van der Waals surface area (Å²) >= 11 is 0. The molecule has 0 radical (unpaired) electrons. The van der Waals surface area contributed by atoms with Gasteiger partial charge in [-0.1, -0.05) is 31.9 Å². The Morgan fingerprint density at radius 1 is 1.16 bits per heavy atom. The molecule has 1 fully saturated rings. The molecule has 1 aliphatic carbocycles. The highest BCUT2D eigenvalue weighted by Gasteiger charge is 2.36. The van der Waals surface area contributed by atoms with Gasteiger partial charge in [-0.05, 0) is 48.3 Å². The number of ether oxygens (including phenoxy) is 1. The Kier molecular flexibility index (Phi) is 3.23. The van der Waals surface area contributed by atoms with Gasteiger partial charge < -0.3 is 4.74 Å². The van der Waals surface area contributed by atoms with Gasteiger partial charge in [0.15, 0.2) is 0 Å². The van der Waals surface area contributed by atoms with E-state index in [0.717, 1.165) is 11.5 Å². The van der Waals surface area contributed by atoms with Crippen LogP contribution >= 0.6 is 0 Å². The molecule has 0 aromatic heterocycles. The Morgan fingerprint density at radius 3 is 2.63 bits per heavy atom. The molecule has 1 heterocycles. The summed E-state index contributed by atoms with van der Waals surface area (Å²) in [6.07, 6.45) is 2.21. The third-order valence-electron chi connectivity index (χ3n) is 4.52. The molecular formula is C16H20F2O. The molecule has 1 aliphatic heterocycles. The van der Waals surface area contributed by atoms with Gasteiger partial charge in [-0.2, -0.15) is 8.78 Å². The van der Waals surface area contributed by atoms with Crippen molar-refractivity contribution in [2.24, 2.45) is 5.92 Å². The summed E-state index contributed by atoms with van der Waals surface area (Å²) in [5, 5.41) is 0. The van der Waals surface area contributed by atoms with E-state index in [1.807, 2.05) is 6.07 Å². The van der Waals surface area contributed by atoms with E-state index in [2.05, 4.69) is 13.0 Å². The van der Waals surface area contributed by atoms with Crippen molar-refractivity contribution in [3.63, 3.8) is 0 Å². The maximum Gasteiger partial charge on any atom is 0.398 e. The zero-order valence-corrected chi connectivity index (χ0v) is 11.3. The SMILES string of the molecule is CC1CCC(c2ccc3c(c2)CCC(F)(F)O3)CC1. The molecule has 2 aliphatic rings. The lowest BCUT2D eigenvalue weighted by molar-refractivity contribution is -0.187. The predicted octanol–water partition coefficient (Wildman–Crippen LogP) is 4.90. The summed E-state index contributed by atoms with van der Waals surface area (Å²) in [5.74, 6) is 1.80. The first kappa shape index (κ1) is 12.9. The van der Waals surface area contributed by atoms with Crippen LogP contribution in [0.1, 0.15) is 56.1 Å². The van der Waals surface area contributed by atoms with Crippen molar-refractivity contribution in [1.82, 2.24) is 0 Å². The molecule has 19 heavy (non-hydrogen) atoms. The summed E-state index contributed by atoms with van der Waals surface area (Å²) in [6, 6.07) is 5.79. The topological polar surface area (TPSA) is 9.23 Å². The van der Waals surface area contributed by atoms with Crippen LogP contribution in [0.4, 0.5) is 8.78 Å². The molecular weight excluding hydrogens is 246 g/mol. The first-order chi connectivity index (χ1) is 9.03. The fourth-order valence-electron chi connectivity index (χ4n) is 3.23. The minimum absolute atomic E-state index is 0.203. The highest BCUT2D eigenvalue weighted by Crippen LogP contribution is 2.40. The van der Waals surface area contributed by atoms with Gasteiger partial charge in [0.25, 0.3) is 0 Å². The highest BCUT2D eigenvalue weighted by atomic mass is 19.3. The monoisotopic (exact) mass is 266 g/mol. The van der Waals surface area contributed by atoms with Crippen LogP contribution < -0.4 is 4.74 Å². The van der Waals surface area contributed by atoms with Gasteiger partial charge in [0, 0.05) is 0 Å². The standard InChI is InChI=1S/C16H20F2O/c1-11-2-4-12(5-3-11)13-6-7-15-14(10-13)8-9-16(17,18)19-15/h6-7,10-12H,2-5,8-9H2,1H3. The van der Waals surface area contributed by atoms with Gasteiger partial charge in [0.1, 0.15) is 5.75 Å². The average Bonchev–Trinajstić information content (AvgIpc) is 2.38. The lowest BCUT2D eigenvalue weighted by atomic mass is 9.79. The molecule has 0 atom stereocenters. The number of fused-ring (bicyclic) bond motifs is 1. The molecule has 0 unspecified atom stereocenters. The Morgan fingerprint density at radius 2 is 1.89 bits per heavy atom. The molecule has 0 amide bonds. The number of aryl methyl sites for hydroxylation is 1. The van der Waals surface area contributed by atoms with Crippen LogP contribution in [-0.4, -0.2) is 6.11 Å². The first-order valence-corrected chi connectivity index (χ1v) is 7.23. The van der Waals surface area contributed by atoms with Gasteiger partial charge >= 0.3 is 6.11 Å². The van der Waals surface area contributed by atoms with E-state index in [9.17, 15) is 8.78 Å². The smallest absolute Gasteiger partial charge is 0.398 e. The number of hydrogen-bond donors (Lipinski definition) is 0. The molecule has 0 spiro atoms. The second kappa shape index (κ2) is 4.77. The maximum atomic E-state index is 13.2. The molecule has 3 heteroatoms. The van der Waals surface area contributed by atoms with E-state index in [4.69, 9.17) is 4.74 Å². The Bertz CT molecular complexity index is 462. The maximum absolute atomic E-state index is 13.2. The van der Waals surface area contributed by atoms with Crippen molar-refractivity contribution in [3.05, 3.63) is 29.3 Å². The summed E-state index contributed by atoms with van der Waals surface area (Å²) in [5.41, 5.74) is 2.25. The van der Waals surface area contributed by atoms with E-state index in [1.165, 1.54) is 31.2 Å². The number of rotatable bonds is 1. The van der Waals surface area contributed by atoms with Crippen LogP contribution in [-0.2, 0) is 6.42 Å². The van der Waals surface area contributed by atoms with Crippen LogP contribution in [0.3, 0.4) is 0 Å². The fraction of sp³-hybridized carbons (Fsp3) is 0.625. The number of hydrogen-bond acceptors (Lipinski definition) is 1. The van der Waals surface area contributed by atoms with Crippen LogP contribution in [0.15, 0.2) is 18.2 Å². The van der Waals surface area contributed by atoms with E-state index >= 15 is 0 Å². The summed E-state index contributed by atoms with van der Waals surface area (Å²) in [4.78, 5) is 0. The van der Waals surface area contributed by atoms with Crippen LogP contribution in [0, 0.1) is 5.92 Å². The number of alkyl halides is 2. The molecule has 0 saturated heterocycles. The van der Waals surface area contributed by atoms with E-state index < -0.39 is 6.11 Å². The van der Waals surface area contributed by atoms with Crippen molar-refractivity contribution in [2.45, 2.75) is 57.5 Å². The van der Waals surface area contributed by atoms with Crippen molar-refractivity contribution in [1.29, 1.82) is 0 Å². The normalized spacial score (nSPS) is 29.4.